The predicted octanol–water partition coefficient (Wildman–Crippen LogP) is 3.06. The summed E-state index contributed by atoms with van der Waals surface area (Å²) in [7, 11) is -1.90. The summed E-state index contributed by atoms with van der Waals surface area (Å²) in [6.07, 6.45) is 4.57. The molecule has 3 rings (SSSR count). The van der Waals surface area contributed by atoms with E-state index in [4.69, 9.17) is 0 Å². The van der Waals surface area contributed by atoms with Crippen LogP contribution < -0.4 is 9.62 Å². The standard InChI is InChI=1S/C20H24N2O3S/c1-14(16-11-10-15-6-4-7-17(15)12-16)21-20(23)18-8-5-9-19(13-18)22(2)26(3,24)25/h5,8-14H,4,6-7H2,1-3H3,(H,21,23)/t14-/m0/s1. The number of rotatable bonds is 5. The lowest BCUT2D eigenvalue weighted by Gasteiger charge is -2.18. The molecule has 1 N–H and O–H groups in total. The highest BCUT2D eigenvalue weighted by Gasteiger charge is 2.17. The van der Waals surface area contributed by atoms with Crippen LogP contribution in [-0.4, -0.2) is 27.6 Å². The van der Waals surface area contributed by atoms with Gasteiger partial charge in [-0.2, -0.15) is 0 Å². The lowest BCUT2D eigenvalue weighted by atomic mass is 10.0. The number of anilines is 1. The normalized spacial score (nSPS) is 14.6. The molecule has 138 valence electrons. The molecule has 0 radical (unpaired) electrons. The Morgan fingerprint density at radius 1 is 1.12 bits per heavy atom. The van der Waals surface area contributed by atoms with Gasteiger partial charge < -0.3 is 5.32 Å². The molecule has 26 heavy (non-hydrogen) atoms. The molecular weight excluding hydrogens is 348 g/mol. The van der Waals surface area contributed by atoms with E-state index in [1.54, 1.807) is 24.3 Å². The maximum absolute atomic E-state index is 12.6. The predicted molar refractivity (Wildman–Crippen MR) is 104 cm³/mol. The van der Waals surface area contributed by atoms with E-state index in [1.165, 1.54) is 24.6 Å². The van der Waals surface area contributed by atoms with Gasteiger partial charge in [-0.15, -0.1) is 0 Å². The Hall–Kier alpha value is -2.34. The number of nitrogens with zero attached hydrogens (tertiary/aromatic N) is 1. The van der Waals surface area contributed by atoms with E-state index in [9.17, 15) is 13.2 Å². The Labute approximate surface area is 155 Å². The van der Waals surface area contributed by atoms with Gasteiger partial charge in [0, 0.05) is 12.6 Å². The summed E-state index contributed by atoms with van der Waals surface area (Å²) in [6.45, 7) is 1.96. The molecule has 0 bridgehead atoms. The quantitative estimate of drug-likeness (QED) is 0.877. The first-order valence-electron chi connectivity index (χ1n) is 8.72. The summed E-state index contributed by atoms with van der Waals surface area (Å²) in [5.74, 6) is -0.221. The van der Waals surface area contributed by atoms with E-state index >= 15 is 0 Å². The second-order valence-electron chi connectivity index (χ2n) is 6.86. The van der Waals surface area contributed by atoms with Crippen LogP contribution in [-0.2, 0) is 22.9 Å². The lowest BCUT2D eigenvalue weighted by Crippen LogP contribution is -2.28. The van der Waals surface area contributed by atoms with Crippen molar-refractivity contribution >= 4 is 21.6 Å². The van der Waals surface area contributed by atoms with Crippen molar-refractivity contribution in [1.29, 1.82) is 0 Å². The zero-order chi connectivity index (χ0) is 18.9. The number of hydrogen-bond donors (Lipinski definition) is 1. The molecule has 6 heteroatoms. The van der Waals surface area contributed by atoms with Crippen molar-refractivity contribution in [2.45, 2.75) is 32.2 Å². The fourth-order valence-corrected chi connectivity index (χ4v) is 3.76. The minimum Gasteiger partial charge on any atom is -0.346 e. The molecule has 5 nitrogen and oxygen atoms in total. The molecule has 1 atom stereocenters. The van der Waals surface area contributed by atoms with Crippen LogP contribution >= 0.6 is 0 Å². The van der Waals surface area contributed by atoms with Gasteiger partial charge in [-0.05, 0) is 61.1 Å². The third kappa shape index (κ3) is 3.90. The van der Waals surface area contributed by atoms with Crippen LogP contribution in [0.3, 0.4) is 0 Å². The fourth-order valence-electron chi connectivity index (χ4n) is 3.26. The topological polar surface area (TPSA) is 66.5 Å². The average Bonchev–Trinajstić information content (AvgIpc) is 3.08. The highest BCUT2D eigenvalue weighted by atomic mass is 32.2. The van der Waals surface area contributed by atoms with Crippen LogP contribution in [0.25, 0.3) is 0 Å². The summed E-state index contributed by atoms with van der Waals surface area (Å²) in [5.41, 5.74) is 4.77. The largest absolute Gasteiger partial charge is 0.346 e. The first kappa shape index (κ1) is 18.5. The number of carbonyl (C=O) groups excluding carboxylic acids is 1. The minimum absolute atomic E-state index is 0.121. The monoisotopic (exact) mass is 372 g/mol. The van der Waals surface area contributed by atoms with Gasteiger partial charge in [-0.25, -0.2) is 8.42 Å². The van der Waals surface area contributed by atoms with Gasteiger partial charge in [0.1, 0.15) is 0 Å². The van der Waals surface area contributed by atoms with Crippen molar-refractivity contribution in [3.63, 3.8) is 0 Å². The van der Waals surface area contributed by atoms with Gasteiger partial charge >= 0.3 is 0 Å². The number of amides is 1. The second kappa shape index (κ2) is 7.11. The fraction of sp³-hybridized carbons (Fsp3) is 0.350. The van der Waals surface area contributed by atoms with E-state index in [1.807, 2.05) is 6.92 Å². The van der Waals surface area contributed by atoms with Crippen LogP contribution in [0, 0.1) is 0 Å². The minimum atomic E-state index is -3.37. The molecule has 0 saturated carbocycles. The number of fused-ring (bicyclic) bond motifs is 1. The molecule has 1 aliphatic rings. The first-order valence-corrected chi connectivity index (χ1v) is 10.6. The summed E-state index contributed by atoms with van der Waals surface area (Å²) < 4.78 is 24.5. The maximum Gasteiger partial charge on any atom is 0.251 e. The molecule has 0 heterocycles. The third-order valence-electron chi connectivity index (χ3n) is 4.94. The number of benzene rings is 2. The molecule has 2 aromatic carbocycles. The van der Waals surface area contributed by atoms with Crippen LogP contribution in [0.5, 0.6) is 0 Å². The van der Waals surface area contributed by atoms with E-state index in [2.05, 4.69) is 23.5 Å². The van der Waals surface area contributed by atoms with E-state index in [0.29, 0.717) is 11.3 Å². The molecular formula is C20H24N2O3S. The van der Waals surface area contributed by atoms with Crippen molar-refractivity contribution in [1.82, 2.24) is 5.32 Å². The molecule has 2 aromatic rings. The van der Waals surface area contributed by atoms with Crippen molar-refractivity contribution in [2.75, 3.05) is 17.6 Å². The Bertz CT molecular complexity index is 938. The summed E-state index contributed by atoms with van der Waals surface area (Å²) in [5, 5.41) is 3.00. The van der Waals surface area contributed by atoms with E-state index in [-0.39, 0.29) is 11.9 Å². The van der Waals surface area contributed by atoms with Crippen molar-refractivity contribution in [2.24, 2.45) is 0 Å². The summed E-state index contributed by atoms with van der Waals surface area (Å²) in [4.78, 5) is 12.6. The zero-order valence-electron chi connectivity index (χ0n) is 15.3. The molecule has 0 unspecified atom stereocenters. The number of nitrogens with one attached hydrogen (secondary N) is 1. The molecule has 0 fully saturated rings. The Morgan fingerprint density at radius 3 is 2.58 bits per heavy atom. The van der Waals surface area contributed by atoms with Crippen molar-refractivity contribution < 1.29 is 13.2 Å². The van der Waals surface area contributed by atoms with Crippen molar-refractivity contribution in [3.8, 4) is 0 Å². The van der Waals surface area contributed by atoms with Crippen molar-refractivity contribution in [3.05, 3.63) is 64.7 Å². The van der Waals surface area contributed by atoms with Gasteiger partial charge in [0.25, 0.3) is 5.91 Å². The van der Waals surface area contributed by atoms with Crippen LogP contribution in [0.15, 0.2) is 42.5 Å². The molecule has 0 saturated heterocycles. The molecule has 1 amide bonds. The van der Waals surface area contributed by atoms with E-state index < -0.39 is 10.0 Å². The van der Waals surface area contributed by atoms with Gasteiger partial charge in [0.15, 0.2) is 0 Å². The van der Waals surface area contributed by atoms with E-state index in [0.717, 1.165) is 29.0 Å². The summed E-state index contributed by atoms with van der Waals surface area (Å²) in [6, 6.07) is 12.9. The Balaban J connectivity index is 1.75. The maximum atomic E-state index is 12.6. The first-order chi connectivity index (χ1) is 12.3. The van der Waals surface area contributed by atoms with Gasteiger partial charge in [-0.1, -0.05) is 24.3 Å². The number of aryl methyl sites for hydroxylation is 2. The third-order valence-corrected chi connectivity index (χ3v) is 6.15. The SMILES string of the molecule is C[C@H](NC(=O)c1cccc(N(C)S(C)(=O)=O)c1)c1ccc2c(c1)CCC2. The summed E-state index contributed by atoms with van der Waals surface area (Å²) >= 11 is 0. The molecule has 0 spiro atoms. The number of hydrogen-bond acceptors (Lipinski definition) is 3. The number of carbonyl (C=O) groups is 1. The smallest absolute Gasteiger partial charge is 0.251 e. The Kier molecular flexibility index (Phi) is 5.05. The van der Waals surface area contributed by atoms with Crippen LogP contribution in [0.1, 0.15) is 46.4 Å². The highest BCUT2D eigenvalue weighted by Crippen LogP contribution is 2.25. The van der Waals surface area contributed by atoms with Gasteiger partial charge in [-0.3, -0.25) is 9.10 Å². The molecule has 1 aliphatic carbocycles. The number of sulfonamides is 1. The average molecular weight is 372 g/mol. The van der Waals surface area contributed by atoms with Crippen LogP contribution in [0.4, 0.5) is 5.69 Å². The molecule has 0 aliphatic heterocycles. The zero-order valence-corrected chi connectivity index (χ0v) is 16.1. The van der Waals surface area contributed by atoms with Crippen LogP contribution in [0.2, 0.25) is 0 Å². The van der Waals surface area contributed by atoms with Gasteiger partial charge in [0.2, 0.25) is 10.0 Å². The highest BCUT2D eigenvalue weighted by molar-refractivity contribution is 7.92. The molecule has 0 aromatic heterocycles. The Morgan fingerprint density at radius 2 is 1.85 bits per heavy atom. The second-order valence-corrected chi connectivity index (χ2v) is 8.87. The van der Waals surface area contributed by atoms with Gasteiger partial charge in [0.05, 0.1) is 18.0 Å². The lowest BCUT2D eigenvalue weighted by molar-refractivity contribution is 0.0940.